The average molecular weight is 614 g/mol. The summed E-state index contributed by atoms with van der Waals surface area (Å²) in [5.74, 6) is 7.96. The van der Waals surface area contributed by atoms with Crippen LogP contribution in [-0.4, -0.2) is 76.1 Å². The highest BCUT2D eigenvalue weighted by atomic mass is 35.5. The van der Waals surface area contributed by atoms with Gasteiger partial charge in [0.1, 0.15) is 17.5 Å². The van der Waals surface area contributed by atoms with E-state index in [-0.39, 0.29) is 11.9 Å². The number of rotatable bonds is 5. The predicted octanol–water partition coefficient (Wildman–Crippen LogP) is 5.62. The van der Waals surface area contributed by atoms with Crippen LogP contribution >= 0.6 is 23.2 Å². The Hall–Kier alpha value is -3.22. The summed E-state index contributed by atoms with van der Waals surface area (Å²) < 4.78 is 5.57. The van der Waals surface area contributed by atoms with Crippen molar-refractivity contribution in [1.29, 1.82) is 0 Å². The fourth-order valence-corrected chi connectivity index (χ4v) is 6.68. The van der Waals surface area contributed by atoms with Crippen molar-refractivity contribution in [3.63, 3.8) is 0 Å². The molecule has 2 aromatic rings. The first-order valence-electron chi connectivity index (χ1n) is 14.5. The van der Waals surface area contributed by atoms with Gasteiger partial charge in [0.25, 0.3) is 0 Å². The Morgan fingerprint density at radius 2 is 1.86 bits per heavy atom. The number of ether oxygens (including phenoxy) is 1. The molecular formula is C31H38Cl2N6O3. The van der Waals surface area contributed by atoms with Gasteiger partial charge in [0.15, 0.2) is 0 Å². The summed E-state index contributed by atoms with van der Waals surface area (Å²) in [6.45, 7) is 12.7. The second-order valence-electron chi connectivity index (χ2n) is 12.3. The summed E-state index contributed by atoms with van der Waals surface area (Å²) in [6, 6.07) is 4.87. The molecule has 1 aromatic heterocycles. The number of fused-ring (bicyclic) bond motifs is 1. The molecule has 3 fully saturated rings. The predicted molar refractivity (Wildman–Crippen MR) is 165 cm³/mol. The number of hydrogen-bond donors (Lipinski definition) is 1. The van der Waals surface area contributed by atoms with Gasteiger partial charge >= 0.3 is 6.09 Å². The first kappa shape index (κ1) is 30.2. The van der Waals surface area contributed by atoms with E-state index in [1.807, 2.05) is 44.7 Å². The number of amides is 2. The summed E-state index contributed by atoms with van der Waals surface area (Å²) in [5.41, 5.74) is 1.02. The molecule has 0 unspecified atom stereocenters. The molecule has 11 heteroatoms. The van der Waals surface area contributed by atoms with Gasteiger partial charge in [-0.3, -0.25) is 9.69 Å². The monoisotopic (exact) mass is 612 g/mol. The summed E-state index contributed by atoms with van der Waals surface area (Å²) >= 11 is 12.5. The van der Waals surface area contributed by atoms with Crippen molar-refractivity contribution >= 4 is 47.0 Å². The number of carbonyl (C=O) groups is 2. The zero-order valence-corrected chi connectivity index (χ0v) is 26.3. The van der Waals surface area contributed by atoms with Crippen LogP contribution in [0.1, 0.15) is 64.6 Å². The number of carbonyl (C=O) groups excluding carboxylic acids is 2. The van der Waals surface area contributed by atoms with E-state index in [2.05, 4.69) is 27.0 Å². The Morgan fingerprint density at radius 3 is 2.50 bits per heavy atom. The normalized spacial score (nSPS) is 22.5. The second kappa shape index (κ2) is 12.2. The summed E-state index contributed by atoms with van der Waals surface area (Å²) in [5, 5.41) is 4.63. The molecule has 0 aliphatic carbocycles. The summed E-state index contributed by atoms with van der Waals surface area (Å²) in [7, 11) is 0. The van der Waals surface area contributed by atoms with Gasteiger partial charge < -0.3 is 19.9 Å². The highest BCUT2D eigenvalue weighted by molar-refractivity contribution is 6.35. The van der Waals surface area contributed by atoms with Gasteiger partial charge in [-0.2, -0.15) is 4.98 Å². The number of likely N-dealkylation sites (tertiary alicyclic amines) is 2. The number of hydrogen-bond acceptors (Lipinski definition) is 7. The minimum absolute atomic E-state index is 0.0272. The Bertz CT molecular complexity index is 1400. The van der Waals surface area contributed by atoms with E-state index >= 15 is 0 Å². The zero-order chi connectivity index (χ0) is 30.2. The SMILES string of the molecule is CC#Cc1cnc(N2C[C@H]3CN(C(=O)[C@H]4CCCN4C(=O)OC(C)(C)C)C[C@H]3C2)nc1N[C@H](C)c1ccc(Cl)cc1Cl. The number of halogens is 2. The van der Waals surface area contributed by atoms with Crippen LogP contribution in [0.25, 0.3) is 0 Å². The molecule has 9 nitrogen and oxygen atoms in total. The lowest BCUT2D eigenvalue weighted by Crippen LogP contribution is -2.49. The van der Waals surface area contributed by atoms with Crippen LogP contribution in [0.15, 0.2) is 24.4 Å². The summed E-state index contributed by atoms with van der Waals surface area (Å²) in [6.07, 6.45) is 2.83. The van der Waals surface area contributed by atoms with E-state index in [1.54, 1.807) is 24.1 Å². The maximum atomic E-state index is 13.5. The van der Waals surface area contributed by atoms with Gasteiger partial charge in [-0.15, -0.1) is 5.92 Å². The van der Waals surface area contributed by atoms with Crippen molar-refractivity contribution in [3.8, 4) is 11.8 Å². The molecule has 0 radical (unpaired) electrons. The van der Waals surface area contributed by atoms with Crippen molar-refractivity contribution in [2.24, 2.45) is 11.8 Å². The van der Waals surface area contributed by atoms with Crippen molar-refractivity contribution < 1.29 is 14.3 Å². The number of nitrogens with zero attached hydrogens (tertiary/aromatic N) is 5. The van der Waals surface area contributed by atoms with Crippen LogP contribution < -0.4 is 10.2 Å². The molecule has 1 N–H and O–H groups in total. The van der Waals surface area contributed by atoms with Crippen LogP contribution in [0, 0.1) is 23.7 Å². The van der Waals surface area contributed by atoms with Gasteiger partial charge in [-0.05, 0) is 65.2 Å². The lowest BCUT2D eigenvalue weighted by Gasteiger charge is -2.30. The molecule has 2 amide bonds. The Morgan fingerprint density at radius 1 is 1.14 bits per heavy atom. The largest absolute Gasteiger partial charge is 0.444 e. The smallest absolute Gasteiger partial charge is 0.410 e. The van der Waals surface area contributed by atoms with Crippen molar-refractivity contribution in [3.05, 3.63) is 45.6 Å². The average Bonchev–Trinajstić information content (AvgIpc) is 3.64. The Labute approximate surface area is 257 Å². The molecule has 42 heavy (non-hydrogen) atoms. The highest BCUT2D eigenvalue weighted by Crippen LogP contribution is 2.35. The van der Waals surface area contributed by atoms with E-state index in [0.717, 1.165) is 25.1 Å². The van der Waals surface area contributed by atoms with Crippen LogP contribution in [0.4, 0.5) is 16.6 Å². The molecule has 0 bridgehead atoms. The summed E-state index contributed by atoms with van der Waals surface area (Å²) in [4.78, 5) is 41.5. The third-order valence-corrected chi connectivity index (χ3v) is 8.63. The molecule has 0 saturated carbocycles. The maximum absolute atomic E-state index is 13.5. The van der Waals surface area contributed by atoms with Gasteiger partial charge in [0.05, 0.1) is 17.8 Å². The van der Waals surface area contributed by atoms with E-state index in [4.69, 9.17) is 32.9 Å². The van der Waals surface area contributed by atoms with Crippen molar-refractivity contribution in [2.75, 3.05) is 42.9 Å². The molecule has 224 valence electrons. The molecule has 4 heterocycles. The van der Waals surface area contributed by atoms with E-state index in [0.29, 0.717) is 65.3 Å². The third-order valence-electron chi connectivity index (χ3n) is 8.06. The molecule has 3 saturated heterocycles. The molecule has 3 aliphatic heterocycles. The van der Waals surface area contributed by atoms with Gasteiger partial charge in [-0.25, -0.2) is 9.78 Å². The van der Waals surface area contributed by atoms with Crippen LogP contribution in [-0.2, 0) is 9.53 Å². The molecule has 4 atom stereocenters. The van der Waals surface area contributed by atoms with E-state index in [9.17, 15) is 9.59 Å². The topological polar surface area (TPSA) is 90.9 Å². The number of benzene rings is 1. The fourth-order valence-electron chi connectivity index (χ4n) is 6.11. The second-order valence-corrected chi connectivity index (χ2v) is 13.2. The quantitative estimate of drug-likeness (QED) is 0.438. The molecule has 3 aliphatic rings. The van der Waals surface area contributed by atoms with Crippen LogP contribution in [0.2, 0.25) is 10.0 Å². The van der Waals surface area contributed by atoms with E-state index in [1.165, 1.54) is 0 Å². The minimum Gasteiger partial charge on any atom is -0.444 e. The van der Waals surface area contributed by atoms with Crippen molar-refractivity contribution in [2.45, 2.75) is 65.1 Å². The lowest BCUT2D eigenvalue weighted by atomic mass is 10.0. The highest BCUT2D eigenvalue weighted by Gasteiger charge is 2.46. The van der Waals surface area contributed by atoms with Gasteiger partial charge in [-0.1, -0.05) is 35.2 Å². The first-order valence-corrected chi connectivity index (χ1v) is 15.2. The molecule has 0 spiro atoms. The van der Waals surface area contributed by atoms with E-state index < -0.39 is 17.7 Å². The Kier molecular flexibility index (Phi) is 8.77. The molecule has 1 aromatic carbocycles. The lowest BCUT2D eigenvalue weighted by molar-refractivity contribution is -0.135. The van der Waals surface area contributed by atoms with Crippen molar-refractivity contribution in [1.82, 2.24) is 19.8 Å². The van der Waals surface area contributed by atoms with Crippen LogP contribution in [0.5, 0.6) is 0 Å². The maximum Gasteiger partial charge on any atom is 0.410 e. The first-order chi connectivity index (χ1) is 19.9. The standard InChI is InChI=1S/C31H38Cl2N6O3/c1-6-8-20-14-34-29(36-27(20)35-19(2)24-11-10-23(32)13-25(24)33)38-17-21-15-37(16-22(21)18-38)28(40)26-9-7-12-39(26)30(41)42-31(3,4)5/h10-11,13-14,19,21-22,26H,7,9,12,15-18H2,1-5H3,(H,34,35,36)/t19-,21-,22+,26-/m1/s1. The number of nitrogens with one attached hydrogen (secondary N) is 1. The Balaban J connectivity index is 1.24. The molecule has 5 rings (SSSR count). The third kappa shape index (κ3) is 6.55. The minimum atomic E-state index is -0.596. The zero-order valence-electron chi connectivity index (χ0n) is 24.8. The van der Waals surface area contributed by atoms with Gasteiger partial charge in [0, 0.05) is 54.6 Å². The van der Waals surface area contributed by atoms with Gasteiger partial charge in [0.2, 0.25) is 11.9 Å². The molecular weight excluding hydrogens is 575 g/mol. The fraction of sp³-hybridized carbons (Fsp3) is 0.548. The van der Waals surface area contributed by atoms with Crippen LogP contribution in [0.3, 0.4) is 0 Å². The number of aromatic nitrogens is 2. The number of anilines is 2.